The first-order chi connectivity index (χ1) is 11.1. The molecule has 0 saturated heterocycles. The minimum absolute atomic E-state index is 0.0302. The Balaban J connectivity index is 1.52. The minimum Gasteiger partial charge on any atom is -0.349 e. The molecule has 0 atom stereocenters. The fourth-order valence-corrected chi connectivity index (χ4v) is 6.18. The van der Waals surface area contributed by atoms with E-state index in [2.05, 4.69) is 17.2 Å². The van der Waals surface area contributed by atoms with Crippen LogP contribution >= 0.6 is 23.4 Å². The van der Waals surface area contributed by atoms with Crippen molar-refractivity contribution in [2.75, 3.05) is 5.75 Å². The van der Waals surface area contributed by atoms with Crippen molar-refractivity contribution in [2.24, 2.45) is 23.7 Å². The van der Waals surface area contributed by atoms with Crippen LogP contribution in [-0.4, -0.2) is 22.7 Å². The van der Waals surface area contributed by atoms with E-state index < -0.39 is 0 Å². The molecular formula is C18H23ClN2OS. The molecule has 3 nitrogen and oxygen atoms in total. The zero-order valence-corrected chi connectivity index (χ0v) is 15.0. The lowest BCUT2D eigenvalue weighted by Crippen LogP contribution is -2.55. The predicted octanol–water partition coefficient (Wildman–Crippen LogP) is 4.40. The number of thioether (sulfide) groups is 1. The predicted molar refractivity (Wildman–Crippen MR) is 93.9 cm³/mol. The second-order valence-electron chi connectivity index (χ2n) is 7.35. The van der Waals surface area contributed by atoms with E-state index in [-0.39, 0.29) is 5.91 Å². The van der Waals surface area contributed by atoms with Crippen LogP contribution in [0.2, 0.25) is 5.15 Å². The Kier molecular flexibility index (Phi) is 4.31. The second-order valence-corrected chi connectivity index (χ2v) is 8.99. The van der Waals surface area contributed by atoms with E-state index in [0.29, 0.717) is 28.6 Å². The largest absolute Gasteiger partial charge is 0.349 e. The van der Waals surface area contributed by atoms with Gasteiger partial charge in [-0.15, -0.1) is 11.8 Å². The summed E-state index contributed by atoms with van der Waals surface area (Å²) in [6, 6.07) is 3.90. The molecule has 4 aliphatic rings. The molecule has 0 radical (unpaired) electrons. The average molecular weight is 351 g/mol. The summed E-state index contributed by atoms with van der Waals surface area (Å²) in [5.74, 6) is 4.15. The third kappa shape index (κ3) is 3.00. The van der Waals surface area contributed by atoms with Crippen LogP contribution in [0.15, 0.2) is 17.2 Å². The smallest absolute Gasteiger partial charge is 0.254 e. The molecule has 1 N–H and O–H groups in total. The lowest BCUT2D eigenvalue weighted by molar-refractivity contribution is -0.0120. The molecule has 1 aromatic rings. The van der Waals surface area contributed by atoms with Crippen molar-refractivity contribution < 1.29 is 4.79 Å². The molecule has 1 aromatic heterocycles. The van der Waals surface area contributed by atoms with Gasteiger partial charge in [0.25, 0.3) is 5.91 Å². The molecule has 124 valence electrons. The summed E-state index contributed by atoms with van der Waals surface area (Å²) in [6.45, 7) is 2.06. The van der Waals surface area contributed by atoms with Gasteiger partial charge in [-0.25, -0.2) is 4.98 Å². The minimum atomic E-state index is 0.0302. The molecule has 0 spiro atoms. The van der Waals surface area contributed by atoms with E-state index in [9.17, 15) is 4.79 Å². The van der Waals surface area contributed by atoms with E-state index in [1.165, 1.54) is 32.1 Å². The Morgan fingerprint density at radius 3 is 2.48 bits per heavy atom. The van der Waals surface area contributed by atoms with E-state index in [0.717, 1.165) is 22.6 Å². The van der Waals surface area contributed by atoms with Gasteiger partial charge in [-0.05, 0) is 73.7 Å². The highest BCUT2D eigenvalue weighted by Gasteiger charge is 2.48. The third-order valence-corrected chi connectivity index (χ3v) is 6.96. The van der Waals surface area contributed by atoms with Gasteiger partial charge in [-0.2, -0.15) is 0 Å². The van der Waals surface area contributed by atoms with E-state index >= 15 is 0 Å². The Morgan fingerprint density at radius 2 is 1.87 bits per heavy atom. The fourth-order valence-electron chi connectivity index (χ4n) is 5.23. The van der Waals surface area contributed by atoms with Crippen LogP contribution in [0.4, 0.5) is 0 Å². The molecule has 4 aliphatic carbocycles. The summed E-state index contributed by atoms with van der Waals surface area (Å²) in [5, 5.41) is 4.56. The number of aromatic nitrogens is 1. The topological polar surface area (TPSA) is 42.0 Å². The summed E-state index contributed by atoms with van der Waals surface area (Å²) in [4.78, 5) is 17.2. The lowest BCUT2D eigenvalue weighted by Gasteiger charge is -2.54. The Bertz CT molecular complexity index is 593. The Labute approximate surface area is 147 Å². The van der Waals surface area contributed by atoms with Crippen molar-refractivity contribution in [1.29, 1.82) is 0 Å². The van der Waals surface area contributed by atoms with Crippen LogP contribution in [0, 0.1) is 23.7 Å². The number of carbonyl (C=O) groups is 1. The number of pyridine rings is 1. The van der Waals surface area contributed by atoms with Crippen molar-refractivity contribution >= 4 is 29.3 Å². The highest BCUT2D eigenvalue weighted by atomic mass is 35.5. The van der Waals surface area contributed by atoms with Crippen LogP contribution in [-0.2, 0) is 0 Å². The van der Waals surface area contributed by atoms with Crippen LogP contribution in [0.1, 0.15) is 49.4 Å². The van der Waals surface area contributed by atoms with Crippen LogP contribution in [0.5, 0.6) is 0 Å². The van der Waals surface area contributed by atoms with Gasteiger partial charge in [0.2, 0.25) is 0 Å². The van der Waals surface area contributed by atoms with Gasteiger partial charge in [0.05, 0.1) is 5.56 Å². The number of nitrogens with zero attached hydrogens (tertiary/aromatic N) is 1. The zero-order valence-electron chi connectivity index (χ0n) is 13.4. The third-order valence-electron chi connectivity index (χ3n) is 5.88. The maximum absolute atomic E-state index is 12.8. The van der Waals surface area contributed by atoms with Gasteiger partial charge < -0.3 is 5.32 Å². The van der Waals surface area contributed by atoms with E-state index in [4.69, 9.17) is 11.6 Å². The first-order valence-corrected chi connectivity index (χ1v) is 10.1. The molecule has 4 bridgehead atoms. The molecule has 4 fully saturated rings. The molecule has 1 amide bonds. The van der Waals surface area contributed by atoms with Crippen LogP contribution in [0.3, 0.4) is 0 Å². The Morgan fingerprint density at radius 1 is 1.22 bits per heavy atom. The highest BCUT2D eigenvalue weighted by Crippen LogP contribution is 2.53. The van der Waals surface area contributed by atoms with Gasteiger partial charge in [0.1, 0.15) is 10.2 Å². The quantitative estimate of drug-likeness (QED) is 0.646. The molecule has 0 aromatic carbocycles. The van der Waals surface area contributed by atoms with Crippen molar-refractivity contribution in [3.05, 3.63) is 22.8 Å². The lowest BCUT2D eigenvalue weighted by atomic mass is 9.54. The molecule has 0 aliphatic heterocycles. The summed E-state index contributed by atoms with van der Waals surface area (Å²) in [6.07, 6.45) is 6.69. The molecule has 4 saturated carbocycles. The van der Waals surface area contributed by atoms with Gasteiger partial charge in [-0.3, -0.25) is 4.79 Å². The first-order valence-electron chi connectivity index (χ1n) is 8.74. The van der Waals surface area contributed by atoms with E-state index in [1.54, 1.807) is 17.8 Å². The van der Waals surface area contributed by atoms with Crippen LogP contribution < -0.4 is 5.32 Å². The van der Waals surface area contributed by atoms with Crippen molar-refractivity contribution in [3.63, 3.8) is 0 Å². The maximum Gasteiger partial charge on any atom is 0.254 e. The molecule has 5 heteroatoms. The highest BCUT2D eigenvalue weighted by molar-refractivity contribution is 7.99. The summed E-state index contributed by atoms with van der Waals surface area (Å²) in [7, 11) is 0. The maximum atomic E-state index is 12.8. The van der Waals surface area contributed by atoms with Gasteiger partial charge in [0.15, 0.2) is 0 Å². The molecule has 0 unspecified atom stereocenters. The molecule has 5 rings (SSSR count). The summed E-state index contributed by atoms with van der Waals surface area (Å²) < 4.78 is 0. The zero-order chi connectivity index (χ0) is 16.0. The Hall–Kier alpha value is -0.740. The second kappa shape index (κ2) is 6.29. The first kappa shape index (κ1) is 15.8. The van der Waals surface area contributed by atoms with Crippen molar-refractivity contribution in [1.82, 2.24) is 10.3 Å². The SMILES string of the molecule is CCSc1nc(Cl)ccc1C(=O)NC1C2CC3CC(C2)CC1C3. The standard InChI is InChI=1S/C18H23ClN2OS/c1-2-23-18-14(3-4-15(19)20-18)17(22)21-16-12-6-10-5-11(8-12)9-13(16)7-10/h3-4,10-13,16H,2,5-9H2,1H3,(H,21,22). The number of rotatable bonds is 4. The number of hydrogen-bond donors (Lipinski definition) is 1. The van der Waals surface area contributed by atoms with E-state index in [1.807, 2.05) is 6.07 Å². The van der Waals surface area contributed by atoms with Gasteiger partial charge in [-0.1, -0.05) is 18.5 Å². The van der Waals surface area contributed by atoms with Crippen LogP contribution in [0.25, 0.3) is 0 Å². The number of hydrogen-bond acceptors (Lipinski definition) is 3. The molecular weight excluding hydrogens is 328 g/mol. The molecule has 23 heavy (non-hydrogen) atoms. The number of carbonyl (C=O) groups excluding carboxylic acids is 1. The monoisotopic (exact) mass is 350 g/mol. The normalized spacial score (nSPS) is 34.6. The number of nitrogens with one attached hydrogen (secondary N) is 1. The van der Waals surface area contributed by atoms with Gasteiger partial charge in [0, 0.05) is 6.04 Å². The number of amides is 1. The number of halogens is 1. The average Bonchev–Trinajstić information content (AvgIpc) is 2.50. The van der Waals surface area contributed by atoms with Crippen molar-refractivity contribution in [2.45, 2.75) is 50.1 Å². The summed E-state index contributed by atoms with van der Waals surface area (Å²) >= 11 is 7.57. The van der Waals surface area contributed by atoms with Gasteiger partial charge >= 0.3 is 0 Å². The fraction of sp³-hybridized carbons (Fsp3) is 0.667. The molecule has 1 heterocycles. The van der Waals surface area contributed by atoms with Crippen molar-refractivity contribution in [3.8, 4) is 0 Å². The summed E-state index contributed by atoms with van der Waals surface area (Å²) in [5.41, 5.74) is 0.676.